The maximum absolute atomic E-state index is 11.3. The average molecular weight is 417 g/mol. The van der Waals surface area contributed by atoms with Gasteiger partial charge in [0, 0.05) is 19.0 Å². The fraction of sp³-hybridized carbons (Fsp3) is 0.522. The molecule has 5 unspecified atom stereocenters. The number of anilines is 1. The monoisotopic (exact) mass is 417 g/mol. The second-order valence-corrected chi connectivity index (χ2v) is 8.60. The summed E-state index contributed by atoms with van der Waals surface area (Å²) in [5.74, 6) is -2.02. The number of ether oxygens (including phenoxy) is 2. The van der Waals surface area contributed by atoms with E-state index in [1.165, 1.54) is 6.92 Å². The Bertz CT molecular complexity index is 1050. The summed E-state index contributed by atoms with van der Waals surface area (Å²) < 4.78 is 12.3. The number of rotatable bonds is 3. The van der Waals surface area contributed by atoms with Gasteiger partial charge in [-0.25, -0.2) is 0 Å². The zero-order chi connectivity index (χ0) is 22.4. The van der Waals surface area contributed by atoms with Gasteiger partial charge in [-0.1, -0.05) is 25.5 Å². The Labute approximate surface area is 180 Å². The molecule has 5 atom stereocenters. The number of benzene rings is 1. The Balaban J connectivity index is 1.87. The lowest BCUT2D eigenvalue weighted by Crippen LogP contribution is -2.61. The van der Waals surface area contributed by atoms with Gasteiger partial charge in [-0.15, -0.1) is 0 Å². The maximum atomic E-state index is 11.3. The zero-order valence-corrected chi connectivity index (χ0v) is 17.4. The lowest BCUT2D eigenvalue weighted by Gasteiger charge is -2.52. The second kappa shape index (κ2) is 7.08. The summed E-state index contributed by atoms with van der Waals surface area (Å²) in [6.45, 7) is 3.47. The molecule has 0 aromatic heterocycles. The fourth-order valence-electron chi connectivity index (χ4n) is 5.53. The lowest BCUT2D eigenvalue weighted by atomic mass is 9.50. The molecular weight excluding hydrogens is 394 g/mol. The van der Waals surface area contributed by atoms with Gasteiger partial charge in [-0.2, -0.15) is 15.8 Å². The SMILES string of the molecule is CCC1CCC23OC(=N)C(C#N)(C2C1)C(C#N)(C#N)C(c1ccc(NC(C)=O)cc1)O3. The topological polar surface area (TPSA) is 143 Å². The van der Waals surface area contributed by atoms with Crippen LogP contribution < -0.4 is 5.32 Å². The van der Waals surface area contributed by atoms with E-state index in [2.05, 4.69) is 30.4 Å². The van der Waals surface area contributed by atoms with Gasteiger partial charge in [0.05, 0.1) is 24.1 Å². The lowest BCUT2D eigenvalue weighted by molar-refractivity contribution is -0.299. The van der Waals surface area contributed by atoms with E-state index >= 15 is 0 Å². The van der Waals surface area contributed by atoms with Crippen molar-refractivity contribution in [3.63, 3.8) is 0 Å². The molecule has 4 rings (SSSR count). The minimum absolute atomic E-state index is 0.220. The van der Waals surface area contributed by atoms with E-state index < -0.39 is 28.6 Å². The number of nitrogens with one attached hydrogen (secondary N) is 2. The Morgan fingerprint density at radius 1 is 1.23 bits per heavy atom. The highest BCUT2D eigenvalue weighted by molar-refractivity contribution is 5.90. The number of hydrogen-bond donors (Lipinski definition) is 2. The van der Waals surface area contributed by atoms with Crippen LogP contribution in [-0.2, 0) is 14.3 Å². The van der Waals surface area contributed by atoms with Gasteiger partial charge in [-0.3, -0.25) is 10.2 Å². The average Bonchev–Trinajstić information content (AvgIpc) is 2.97. The van der Waals surface area contributed by atoms with Crippen LogP contribution in [-0.4, -0.2) is 17.6 Å². The molecule has 8 heteroatoms. The molecule has 2 saturated heterocycles. The highest BCUT2D eigenvalue weighted by atomic mass is 16.7. The van der Waals surface area contributed by atoms with Crippen molar-refractivity contribution in [2.24, 2.45) is 22.7 Å². The molecule has 31 heavy (non-hydrogen) atoms. The maximum Gasteiger partial charge on any atom is 0.221 e. The van der Waals surface area contributed by atoms with Crippen LogP contribution in [0.1, 0.15) is 51.2 Å². The minimum atomic E-state index is -1.95. The molecule has 0 spiro atoms. The van der Waals surface area contributed by atoms with Crippen LogP contribution in [0.2, 0.25) is 0 Å². The van der Waals surface area contributed by atoms with E-state index in [4.69, 9.17) is 14.9 Å². The van der Waals surface area contributed by atoms with Crippen LogP contribution >= 0.6 is 0 Å². The minimum Gasteiger partial charge on any atom is -0.447 e. The van der Waals surface area contributed by atoms with Crippen molar-refractivity contribution in [3.8, 4) is 18.2 Å². The summed E-state index contributed by atoms with van der Waals surface area (Å²) in [6.07, 6.45) is 1.70. The quantitative estimate of drug-likeness (QED) is 0.766. The summed E-state index contributed by atoms with van der Waals surface area (Å²) in [6, 6.07) is 13.0. The van der Waals surface area contributed by atoms with E-state index in [-0.39, 0.29) is 11.8 Å². The molecule has 1 saturated carbocycles. The van der Waals surface area contributed by atoms with Crippen LogP contribution in [0.5, 0.6) is 0 Å². The number of nitrogens with zero attached hydrogens (tertiary/aromatic N) is 3. The van der Waals surface area contributed by atoms with Gasteiger partial charge in [0.15, 0.2) is 5.41 Å². The first kappa shape index (κ1) is 20.8. The number of carbonyl (C=O) groups is 1. The van der Waals surface area contributed by atoms with Crippen molar-refractivity contribution in [1.82, 2.24) is 0 Å². The molecule has 3 aliphatic rings. The molecule has 8 nitrogen and oxygen atoms in total. The Hall–Kier alpha value is -3.41. The molecule has 1 aliphatic carbocycles. The van der Waals surface area contributed by atoms with E-state index in [1.54, 1.807) is 24.3 Å². The fourth-order valence-corrected chi connectivity index (χ4v) is 5.53. The number of carbonyl (C=O) groups excluding carboxylic acids is 1. The van der Waals surface area contributed by atoms with Gasteiger partial charge in [0.1, 0.15) is 6.10 Å². The molecule has 1 amide bonds. The third-order valence-electron chi connectivity index (χ3n) is 7.13. The van der Waals surface area contributed by atoms with Crippen molar-refractivity contribution in [2.45, 2.75) is 51.4 Å². The molecular formula is C23H23N5O3. The van der Waals surface area contributed by atoms with Crippen molar-refractivity contribution < 1.29 is 14.3 Å². The van der Waals surface area contributed by atoms with Crippen LogP contribution in [0.25, 0.3) is 0 Å². The normalized spacial score (nSPS) is 34.9. The van der Waals surface area contributed by atoms with Gasteiger partial charge >= 0.3 is 0 Å². The van der Waals surface area contributed by atoms with Gasteiger partial charge < -0.3 is 14.8 Å². The molecule has 2 aliphatic heterocycles. The largest absolute Gasteiger partial charge is 0.447 e. The standard InChI is InChI=1S/C23H23N5O3/c1-3-15-8-9-23-18(10-15)22(13-26,20(27)31-23)21(11-24,12-25)19(30-23)16-4-6-17(7-5-16)28-14(2)29/h4-7,15,18-19,27H,3,8-10H2,1-2H3,(H,28,29). The van der Waals surface area contributed by atoms with Crippen molar-refractivity contribution in [1.29, 1.82) is 21.2 Å². The molecule has 158 valence electrons. The molecule has 2 N–H and O–H groups in total. The Kier molecular flexibility index (Phi) is 4.76. The van der Waals surface area contributed by atoms with Crippen LogP contribution in [0, 0.1) is 62.1 Å². The van der Waals surface area contributed by atoms with Gasteiger partial charge in [0.25, 0.3) is 0 Å². The Morgan fingerprint density at radius 2 is 1.90 bits per heavy atom. The predicted octanol–water partition coefficient (Wildman–Crippen LogP) is 3.79. The first-order valence-corrected chi connectivity index (χ1v) is 10.4. The highest BCUT2D eigenvalue weighted by Crippen LogP contribution is 2.70. The zero-order valence-electron chi connectivity index (χ0n) is 17.4. The van der Waals surface area contributed by atoms with Crippen molar-refractivity contribution >= 4 is 17.5 Å². The van der Waals surface area contributed by atoms with E-state index in [0.29, 0.717) is 30.0 Å². The smallest absolute Gasteiger partial charge is 0.221 e. The second-order valence-electron chi connectivity index (χ2n) is 8.60. The van der Waals surface area contributed by atoms with Gasteiger partial charge in [0.2, 0.25) is 23.0 Å². The van der Waals surface area contributed by atoms with E-state index in [1.807, 2.05) is 0 Å². The molecule has 1 aromatic carbocycles. The van der Waals surface area contributed by atoms with E-state index in [9.17, 15) is 20.6 Å². The first-order valence-electron chi connectivity index (χ1n) is 10.4. The number of hydrogen-bond acceptors (Lipinski definition) is 7. The van der Waals surface area contributed by atoms with Crippen molar-refractivity contribution in [2.75, 3.05) is 5.32 Å². The van der Waals surface area contributed by atoms with Crippen LogP contribution in [0.3, 0.4) is 0 Å². The summed E-state index contributed by atoms with van der Waals surface area (Å²) in [5.41, 5.74) is -2.59. The third-order valence-corrected chi connectivity index (χ3v) is 7.13. The van der Waals surface area contributed by atoms with Gasteiger partial charge in [-0.05, 0) is 36.5 Å². The van der Waals surface area contributed by atoms with Crippen LogP contribution in [0.15, 0.2) is 24.3 Å². The third kappa shape index (κ3) is 2.60. The predicted molar refractivity (Wildman–Crippen MR) is 109 cm³/mol. The highest BCUT2D eigenvalue weighted by Gasteiger charge is 2.80. The molecule has 1 aromatic rings. The molecule has 0 radical (unpaired) electrons. The summed E-state index contributed by atoms with van der Waals surface area (Å²) >= 11 is 0. The van der Waals surface area contributed by atoms with E-state index in [0.717, 1.165) is 12.8 Å². The summed E-state index contributed by atoms with van der Waals surface area (Å²) in [7, 11) is 0. The molecule has 2 bridgehead atoms. The van der Waals surface area contributed by atoms with Crippen LogP contribution in [0.4, 0.5) is 5.69 Å². The van der Waals surface area contributed by atoms with Crippen molar-refractivity contribution in [3.05, 3.63) is 29.8 Å². The first-order chi connectivity index (χ1) is 14.8. The molecule has 2 heterocycles. The summed E-state index contributed by atoms with van der Waals surface area (Å²) in [4.78, 5) is 11.3. The Morgan fingerprint density at radius 3 is 2.45 bits per heavy atom. The number of amides is 1. The number of nitriles is 3. The molecule has 3 fully saturated rings. The summed E-state index contributed by atoms with van der Waals surface area (Å²) in [5, 5.41) is 42.2.